The predicted molar refractivity (Wildman–Crippen MR) is 68.6 cm³/mol. The van der Waals surface area contributed by atoms with Gasteiger partial charge < -0.3 is 11.1 Å². The van der Waals surface area contributed by atoms with Crippen LogP contribution in [-0.2, 0) is 4.79 Å². The Labute approximate surface area is 106 Å². The third-order valence-electron chi connectivity index (χ3n) is 3.22. The van der Waals surface area contributed by atoms with Gasteiger partial charge in [0.05, 0.1) is 12.2 Å². The van der Waals surface area contributed by atoms with Crippen LogP contribution in [0.15, 0.2) is 24.3 Å². The van der Waals surface area contributed by atoms with Crippen molar-refractivity contribution in [2.45, 2.75) is 6.42 Å². The minimum absolute atomic E-state index is 0.183. The molecule has 1 fully saturated rings. The molecule has 1 aromatic rings. The van der Waals surface area contributed by atoms with E-state index in [1.54, 1.807) is 18.2 Å². The highest BCUT2D eigenvalue weighted by atomic mass is 19.1. The molecular weight excluding hydrogens is 233 g/mol. The summed E-state index contributed by atoms with van der Waals surface area (Å²) in [6, 6.07) is 6.17. The zero-order valence-electron chi connectivity index (χ0n) is 10.2. The lowest BCUT2D eigenvalue weighted by molar-refractivity contribution is -0.117. The lowest BCUT2D eigenvalue weighted by atomic mass is 10.1. The molecule has 0 aromatic heterocycles. The van der Waals surface area contributed by atoms with Gasteiger partial charge in [-0.05, 0) is 37.6 Å². The van der Waals surface area contributed by atoms with Crippen LogP contribution < -0.4 is 11.1 Å². The topological polar surface area (TPSA) is 58.4 Å². The van der Waals surface area contributed by atoms with Crippen molar-refractivity contribution in [3.8, 4) is 0 Å². The fourth-order valence-corrected chi connectivity index (χ4v) is 2.20. The molecule has 1 heterocycles. The molecule has 1 saturated heterocycles. The smallest absolute Gasteiger partial charge is 0.238 e. The van der Waals surface area contributed by atoms with Crippen molar-refractivity contribution in [1.29, 1.82) is 0 Å². The lowest BCUT2D eigenvalue weighted by Gasteiger charge is -2.15. The molecule has 1 aliphatic rings. The first-order valence-corrected chi connectivity index (χ1v) is 6.16. The summed E-state index contributed by atoms with van der Waals surface area (Å²) in [7, 11) is 0. The van der Waals surface area contributed by atoms with Crippen LogP contribution in [-0.4, -0.2) is 37.0 Å². The van der Waals surface area contributed by atoms with E-state index in [0.717, 1.165) is 19.5 Å². The van der Waals surface area contributed by atoms with Gasteiger partial charge in [-0.1, -0.05) is 12.1 Å². The van der Waals surface area contributed by atoms with Crippen LogP contribution in [0.4, 0.5) is 10.1 Å². The molecule has 3 N–H and O–H groups in total. The van der Waals surface area contributed by atoms with Crippen LogP contribution in [0.5, 0.6) is 0 Å². The highest BCUT2D eigenvalue weighted by Crippen LogP contribution is 2.15. The molecule has 2 rings (SSSR count). The number of para-hydroxylation sites is 1. The molecule has 0 radical (unpaired) electrons. The van der Waals surface area contributed by atoms with E-state index in [1.165, 1.54) is 6.07 Å². The van der Waals surface area contributed by atoms with Crippen molar-refractivity contribution in [2.24, 2.45) is 11.7 Å². The van der Waals surface area contributed by atoms with Crippen LogP contribution in [0, 0.1) is 11.7 Å². The van der Waals surface area contributed by atoms with Crippen molar-refractivity contribution in [3.05, 3.63) is 30.1 Å². The Morgan fingerprint density at radius 1 is 1.50 bits per heavy atom. The van der Waals surface area contributed by atoms with Gasteiger partial charge in [0.15, 0.2) is 0 Å². The summed E-state index contributed by atoms with van der Waals surface area (Å²) in [5, 5.41) is 2.58. The Bertz CT molecular complexity index is 424. The molecule has 1 aromatic carbocycles. The summed E-state index contributed by atoms with van der Waals surface area (Å²) < 4.78 is 13.3. The number of anilines is 1. The number of carbonyl (C=O) groups is 1. The molecule has 98 valence electrons. The van der Waals surface area contributed by atoms with Crippen molar-refractivity contribution in [2.75, 3.05) is 31.5 Å². The van der Waals surface area contributed by atoms with E-state index in [4.69, 9.17) is 5.73 Å². The van der Waals surface area contributed by atoms with Gasteiger partial charge >= 0.3 is 0 Å². The predicted octanol–water partition coefficient (Wildman–Crippen LogP) is 1.04. The largest absolute Gasteiger partial charge is 0.330 e. The fourth-order valence-electron chi connectivity index (χ4n) is 2.20. The Hall–Kier alpha value is -1.46. The average molecular weight is 251 g/mol. The monoisotopic (exact) mass is 251 g/mol. The summed E-state index contributed by atoms with van der Waals surface area (Å²) in [5.74, 6) is -0.115. The zero-order valence-corrected chi connectivity index (χ0v) is 10.2. The number of likely N-dealkylation sites (tertiary alicyclic amines) is 1. The Kier molecular flexibility index (Phi) is 4.28. The van der Waals surface area contributed by atoms with Gasteiger partial charge in [-0.15, -0.1) is 0 Å². The van der Waals surface area contributed by atoms with E-state index in [0.29, 0.717) is 19.0 Å². The number of hydrogen-bond acceptors (Lipinski definition) is 3. The number of carbonyl (C=O) groups excluding carboxylic acids is 1. The Morgan fingerprint density at radius 3 is 2.94 bits per heavy atom. The number of halogens is 1. The Balaban J connectivity index is 1.84. The summed E-state index contributed by atoms with van der Waals surface area (Å²) in [6.45, 7) is 2.68. The molecule has 1 atom stereocenters. The van der Waals surface area contributed by atoms with E-state index in [9.17, 15) is 9.18 Å². The summed E-state index contributed by atoms with van der Waals surface area (Å²) in [4.78, 5) is 13.8. The van der Waals surface area contributed by atoms with Crippen molar-refractivity contribution in [3.63, 3.8) is 0 Å². The average Bonchev–Trinajstić information content (AvgIpc) is 2.80. The molecule has 0 bridgehead atoms. The summed E-state index contributed by atoms with van der Waals surface area (Å²) >= 11 is 0. The van der Waals surface area contributed by atoms with Crippen LogP contribution in [0.1, 0.15) is 6.42 Å². The van der Waals surface area contributed by atoms with Crippen molar-refractivity contribution < 1.29 is 9.18 Å². The Morgan fingerprint density at radius 2 is 2.28 bits per heavy atom. The van der Waals surface area contributed by atoms with Gasteiger partial charge in [0.25, 0.3) is 0 Å². The van der Waals surface area contributed by atoms with Gasteiger partial charge in [-0.2, -0.15) is 0 Å². The van der Waals surface area contributed by atoms with Gasteiger partial charge in [-0.25, -0.2) is 4.39 Å². The number of benzene rings is 1. The standard InChI is InChI=1S/C13H18FN3O/c14-11-3-1-2-4-12(11)16-13(18)9-17-6-5-10(7-15)8-17/h1-4,10H,5-9,15H2,(H,16,18). The molecule has 0 saturated carbocycles. The van der Waals surface area contributed by atoms with Crippen LogP contribution in [0.3, 0.4) is 0 Å². The molecule has 4 nitrogen and oxygen atoms in total. The number of amides is 1. The number of rotatable bonds is 4. The van der Waals surface area contributed by atoms with E-state index >= 15 is 0 Å². The molecule has 18 heavy (non-hydrogen) atoms. The van der Waals surface area contributed by atoms with Gasteiger partial charge in [0.2, 0.25) is 5.91 Å². The maximum Gasteiger partial charge on any atom is 0.238 e. The first-order valence-electron chi connectivity index (χ1n) is 6.16. The first kappa shape index (κ1) is 13.0. The fraction of sp³-hybridized carbons (Fsp3) is 0.462. The molecule has 1 unspecified atom stereocenters. The van der Waals surface area contributed by atoms with Gasteiger partial charge in [0.1, 0.15) is 5.82 Å². The minimum Gasteiger partial charge on any atom is -0.330 e. The second-order valence-corrected chi connectivity index (χ2v) is 4.65. The number of hydrogen-bond donors (Lipinski definition) is 2. The lowest BCUT2D eigenvalue weighted by Crippen LogP contribution is -2.32. The normalized spacial score (nSPS) is 20.0. The highest BCUT2D eigenvalue weighted by molar-refractivity contribution is 5.92. The molecule has 0 spiro atoms. The highest BCUT2D eigenvalue weighted by Gasteiger charge is 2.22. The van der Waals surface area contributed by atoms with Crippen molar-refractivity contribution >= 4 is 11.6 Å². The first-order chi connectivity index (χ1) is 8.69. The number of nitrogens with one attached hydrogen (secondary N) is 1. The number of nitrogens with two attached hydrogens (primary N) is 1. The third kappa shape index (κ3) is 3.27. The van der Waals surface area contributed by atoms with Crippen LogP contribution in [0.2, 0.25) is 0 Å². The maximum atomic E-state index is 13.3. The van der Waals surface area contributed by atoms with Gasteiger partial charge in [-0.3, -0.25) is 9.69 Å². The minimum atomic E-state index is -0.410. The van der Waals surface area contributed by atoms with E-state index in [1.807, 2.05) is 4.90 Å². The summed E-state index contributed by atoms with van der Waals surface area (Å²) in [6.07, 6.45) is 1.03. The van der Waals surface area contributed by atoms with Crippen LogP contribution >= 0.6 is 0 Å². The zero-order chi connectivity index (χ0) is 13.0. The van der Waals surface area contributed by atoms with E-state index in [2.05, 4.69) is 5.32 Å². The van der Waals surface area contributed by atoms with E-state index < -0.39 is 5.82 Å². The maximum absolute atomic E-state index is 13.3. The second kappa shape index (κ2) is 5.93. The molecule has 1 amide bonds. The van der Waals surface area contributed by atoms with Crippen molar-refractivity contribution in [1.82, 2.24) is 4.90 Å². The molecular formula is C13H18FN3O. The quantitative estimate of drug-likeness (QED) is 0.840. The summed E-state index contributed by atoms with van der Waals surface area (Å²) in [5.41, 5.74) is 5.83. The molecule has 1 aliphatic heterocycles. The third-order valence-corrected chi connectivity index (χ3v) is 3.22. The van der Waals surface area contributed by atoms with Gasteiger partial charge in [0, 0.05) is 6.54 Å². The molecule has 0 aliphatic carbocycles. The number of nitrogens with zero attached hydrogens (tertiary/aromatic N) is 1. The SMILES string of the molecule is NCC1CCN(CC(=O)Nc2ccccc2F)C1. The van der Waals surface area contributed by atoms with Crippen LogP contribution in [0.25, 0.3) is 0 Å². The molecule has 5 heteroatoms. The van der Waals surface area contributed by atoms with E-state index in [-0.39, 0.29) is 11.6 Å². The second-order valence-electron chi connectivity index (χ2n) is 4.65.